The number of carbonyl (C=O) groups excluding carboxylic acids is 1. The quantitative estimate of drug-likeness (QED) is 0.677. The number of hydrogen-bond acceptors (Lipinski definition) is 2. The molecule has 2 aromatic rings. The molecule has 0 fully saturated rings. The van der Waals surface area contributed by atoms with E-state index in [2.05, 4.69) is 28.2 Å². The molecule has 1 unspecified atom stereocenters. The standard InChI is InChI=1S/C17H17BrClNO/c1-2-4-16(20-15-9-7-13(18)8-10-15)17(21)12-5-3-6-14(19)11-12/h3,5-11,16,20H,2,4H2,1H3. The van der Waals surface area contributed by atoms with E-state index < -0.39 is 0 Å². The zero-order valence-corrected chi connectivity index (χ0v) is 14.1. The van der Waals surface area contributed by atoms with Gasteiger partial charge in [0.2, 0.25) is 0 Å². The van der Waals surface area contributed by atoms with Crippen LogP contribution in [0.1, 0.15) is 30.1 Å². The van der Waals surface area contributed by atoms with Crippen molar-refractivity contribution in [3.8, 4) is 0 Å². The van der Waals surface area contributed by atoms with E-state index in [-0.39, 0.29) is 11.8 Å². The summed E-state index contributed by atoms with van der Waals surface area (Å²) in [5.41, 5.74) is 1.58. The fourth-order valence-corrected chi connectivity index (χ4v) is 2.60. The highest BCUT2D eigenvalue weighted by Gasteiger charge is 2.19. The number of halogens is 2. The van der Waals surface area contributed by atoms with E-state index >= 15 is 0 Å². The number of carbonyl (C=O) groups is 1. The van der Waals surface area contributed by atoms with Gasteiger partial charge < -0.3 is 5.32 Å². The summed E-state index contributed by atoms with van der Waals surface area (Å²) in [7, 11) is 0. The van der Waals surface area contributed by atoms with E-state index in [9.17, 15) is 4.79 Å². The molecule has 0 spiro atoms. The molecule has 2 nitrogen and oxygen atoms in total. The van der Waals surface area contributed by atoms with Crippen molar-refractivity contribution >= 4 is 39.0 Å². The van der Waals surface area contributed by atoms with Crippen molar-refractivity contribution in [2.45, 2.75) is 25.8 Å². The Kier molecular flexibility index (Phi) is 5.83. The lowest BCUT2D eigenvalue weighted by Crippen LogP contribution is -2.29. The molecular weight excluding hydrogens is 350 g/mol. The van der Waals surface area contributed by atoms with E-state index in [0.29, 0.717) is 10.6 Å². The van der Waals surface area contributed by atoms with Gasteiger partial charge in [-0.1, -0.05) is 53.0 Å². The molecule has 4 heteroatoms. The molecule has 0 amide bonds. The molecule has 21 heavy (non-hydrogen) atoms. The molecule has 2 aromatic carbocycles. The molecule has 0 bridgehead atoms. The van der Waals surface area contributed by atoms with Gasteiger partial charge in [0, 0.05) is 20.7 Å². The van der Waals surface area contributed by atoms with Crippen LogP contribution in [0.4, 0.5) is 5.69 Å². The lowest BCUT2D eigenvalue weighted by Gasteiger charge is -2.18. The van der Waals surface area contributed by atoms with E-state index in [0.717, 1.165) is 23.0 Å². The van der Waals surface area contributed by atoms with Crippen LogP contribution in [0.5, 0.6) is 0 Å². The highest BCUT2D eigenvalue weighted by Crippen LogP contribution is 2.19. The van der Waals surface area contributed by atoms with Crippen molar-refractivity contribution < 1.29 is 4.79 Å². The fourth-order valence-electron chi connectivity index (χ4n) is 2.15. The maximum absolute atomic E-state index is 12.6. The zero-order valence-electron chi connectivity index (χ0n) is 11.8. The Labute approximate surface area is 138 Å². The minimum absolute atomic E-state index is 0.0715. The molecule has 0 saturated carbocycles. The van der Waals surface area contributed by atoms with Gasteiger partial charge in [-0.2, -0.15) is 0 Å². The number of Topliss-reactive ketones (excluding diaryl/α,β-unsaturated/α-hetero) is 1. The second kappa shape index (κ2) is 7.62. The number of ketones is 1. The minimum atomic E-state index is -0.241. The molecule has 1 atom stereocenters. The van der Waals surface area contributed by atoms with Gasteiger partial charge in [0.05, 0.1) is 6.04 Å². The lowest BCUT2D eigenvalue weighted by molar-refractivity contribution is 0.0965. The normalized spacial score (nSPS) is 12.0. The molecule has 0 heterocycles. The first-order chi connectivity index (χ1) is 10.1. The highest BCUT2D eigenvalue weighted by molar-refractivity contribution is 9.10. The Bertz CT molecular complexity index is 612. The summed E-state index contributed by atoms with van der Waals surface area (Å²) >= 11 is 9.38. The second-order valence-corrected chi connectivity index (χ2v) is 6.22. The van der Waals surface area contributed by atoms with Gasteiger partial charge in [-0.05, 0) is 42.8 Å². The molecule has 0 aliphatic carbocycles. The summed E-state index contributed by atoms with van der Waals surface area (Å²) in [6.07, 6.45) is 1.71. The van der Waals surface area contributed by atoms with E-state index in [1.54, 1.807) is 24.3 Å². The Balaban J connectivity index is 2.18. The van der Waals surface area contributed by atoms with Gasteiger partial charge >= 0.3 is 0 Å². The first kappa shape index (κ1) is 16.1. The van der Waals surface area contributed by atoms with Crippen molar-refractivity contribution in [3.63, 3.8) is 0 Å². The van der Waals surface area contributed by atoms with Crippen molar-refractivity contribution in [2.24, 2.45) is 0 Å². The van der Waals surface area contributed by atoms with Gasteiger partial charge in [0.25, 0.3) is 0 Å². The van der Waals surface area contributed by atoms with Gasteiger partial charge in [0.15, 0.2) is 5.78 Å². The monoisotopic (exact) mass is 365 g/mol. The van der Waals surface area contributed by atoms with Crippen LogP contribution >= 0.6 is 27.5 Å². The molecular formula is C17H17BrClNO. The van der Waals surface area contributed by atoms with Crippen LogP contribution in [0, 0.1) is 0 Å². The molecule has 0 radical (unpaired) electrons. The summed E-state index contributed by atoms with van der Waals surface area (Å²) in [6, 6.07) is 14.7. The topological polar surface area (TPSA) is 29.1 Å². The van der Waals surface area contributed by atoms with Crippen molar-refractivity contribution in [3.05, 3.63) is 63.6 Å². The molecule has 0 saturated heterocycles. The van der Waals surface area contributed by atoms with Gasteiger partial charge in [-0.15, -0.1) is 0 Å². The molecule has 2 rings (SSSR count). The minimum Gasteiger partial charge on any atom is -0.375 e. The van der Waals surface area contributed by atoms with Crippen LogP contribution in [0.25, 0.3) is 0 Å². The second-order valence-electron chi connectivity index (χ2n) is 4.87. The third kappa shape index (κ3) is 4.58. The largest absolute Gasteiger partial charge is 0.375 e. The van der Waals surface area contributed by atoms with Crippen LogP contribution < -0.4 is 5.32 Å². The predicted molar refractivity (Wildman–Crippen MR) is 92.2 cm³/mol. The van der Waals surface area contributed by atoms with E-state index in [4.69, 9.17) is 11.6 Å². The molecule has 0 aliphatic rings. The highest BCUT2D eigenvalue weighted by atomic mass is 79.9. The Morgan fingerprint density at radius 2 is 1.95 bits per heavy atom. The van der Waals surface area contributed by atoms with Crippen LogP contribution in [0.2, 0.25) is 5.02 Å². The smallest absolute Gasteiger partial charge is 0.185 e. The van der Waals surface area contributed by atoms with Crippen LogP contribution in [0.15, 0.2) is 53.0 Å². The molecule has 0 aliphatic heterocycles. The SMILES string of the molecule is CCCC(Nc1ccc(Br)cc1)C(=O)c1cccc(Cl)c1. The Morgan fingerprint density at radius 3 is 2.57 bits per heavy atom. The average Bonchev–Trinajstić information content (AvgIpc) is 2.48. The van der Waals surface area contributed by atoms with Gasteiger partial charge in [-0.25, -0.2) is 0 Å². The molecule has 1 N–H and O–H groups in total. The number of nitrogens with one attached hydrogen (secondary N) is 1. The van der Waals surface area contributed by atoms with Crippen LogP contribution in [-0.4, -0.2) is 11.8 Å². The molecule has 0 aromatic heterocycles. The molecule has 110 valence electrons. The summed E-state index contributed by atoms with van der Waals surface area (Å²) in [5, 5.41) is 3.89. The third-order valence-electron chi connectivity index (χ3n) is 3.19. The van der Waals surface area contributed by atoms with E-state index in [1.165, 1.54) is 0 Å². The van der Waals surface area contributed by atoms with E-state index in [1.807, 2.05) is 24.3 Å². The maximum atomic E-state index is 12.6. The van der Waals surface area contributed by atoms with Gasteiger partial charge in [0.1, 0.15) is 0 Å². The Morgan fingerprint density at radius 1 is 1.24 bits per heavy atom. The lowest BCUT2D eigenvalue weighted by atomic mass is 10.00. The number of rotatable bonds is 6. The number of benzene rings is 2. The predicted octanol–water partition coefficient (Wildman–Crippen LogP) is 5.57. The summed E-state index contributed by atoms with van der Waals surface area (Å²) < 4.78 is 1.02. The first-order valence-electron chi connectivity index (χ1n) is 6.92. The summed E-state index contributed by atoms with van der Waals surface area (Å²) in [4.78, 5) is 12.6. The van der Waals surface area contributed by atoms with Crippen molar-refractivity contribution in [1.82, 2.24) is 0 Å². The fraction of sp³-hybridized carbons (Fsp3) is 0.235. The maximum Gasteiger partial charge on any atom is 0.185 e. The number of hydrogen-bond donors (Lipinski definition) is 1. The third-order valence-corrected chi connectivity index (χ3v) is 3.95. The van der Waals surface area contributed by atoms with Crippen molar-refractivity contribution in [1.29, 1.82) is 0 Å². The zero-order chi connectivity index (χ0) is 15.2. The van der Waals surface area contributed by atoms with Crippen molar-refractivity contribution in [2.75, 3.05) is 5.32 Å². The summed E-state index contributed by atoms with van der Waals surface area (Å²) in [6.45, 7) is 2.07. The average molecular weight is 367 g/mol. The summed E-state index contributed by atoms with van der Waals surface area (Å²) in [5.74, 6) is 0.0715. The van der Waals surface area contributed by atoms with Crippen LogP contribution in [-0.2, 0) is 0 Å². The first-order valence-corrected chi connectivity index (χ1v) is 8.09. The number of anilines is 1. The van der Waals surface area contributed by atoms with Gasteiger partial charge in [-0.3, -0.25) is 4.79 Å². The van der Waals surface area contributed by atoms with Crippen LogP contribution in [0.3, 0.4) is 0 Å². The Hall–Kier alpha value is -1.32.